The molecule has 0 spiro atoms. The van der Waals surface area contributed by atoms with Gasteiger partial charge in [0, 0.05) is 19.6 Å². The number of benzene rings is 1. The van der Waals surface area contributed by atoms with E-state index in [-0.39, 0.29) is 12.4 Å². The molecule has 5 heteroatoms. The number of carbonyl (C=O) groups excluding carboxylic acids is 1. The van der Waals surface area contributed by atoms with Gasteiger partial charge in [-0.2, -0.15) is 0 Å². The first-order valence-corrected chi connectivity index (χ1v) is 5.86. The van der Waals surface area contributed by atoms with Gasteiger partial charge in [0.1, 0.15) is 11.4 Å². The van der Waals surface area contributed by atoms with E-state index >= 15 is 0 Å². The first-order valence-electron chi connectivity index (χ1n) is 5.86. The molecule has 1 aliphatic heterocycles. The summed E-state index contributed by atoms with van der Waals surface area (Å²) >= 11 is 0. The zero-order valence-electron chi connectivity index (χ0n) is 10.2. The Morgan fingerprint density at radius 2 is 2.33 bits per heavy atom. The highest BCUT2D eigenvalue weighted by Gasteiger charge is 2.40. The van der Waals surface area contributed by atoms with Crippen molar-refractivity contribution in [3.63, 3.8) is 0 Å². The van der Waals surface area contributed by atoms with E-state index in [0.717, 1.165) is 5.56 Å². The molecule has 0 aliphatic carbocycles. The van der Waals surface area contributed by atoms with Gasteiger partial charge in [-0.1, -0.05) is 12.1 Å². The highest BCUT2D eigenvalue weighted by Crippen LogP contribution is 2.26. The topological polar surface area (TPSA) is 49.8 Å². The van der Waals surface area contributed by atoms with E-state index in [0.29, 0.717) is 19.5 Å². The van der Waals surface area contributed by atoms with E-state index in [9.17, 15) is 9.18 Å². The number of aliphatic hydroxyl groups excluding tert-OH is 1. The van der Waals surface area contributed by atoms with Gasteiger partial charge in [0.25, 0.3) is 0 Å². The number of halogens is 1. The fourth-order valence-corrected chi connectivity index (χ4v) is 2.12. The number of carbonyl (C=O) groups is 1. The van der Waals surface area contributed by atoms with Gasteiger partial charge in [-0.25, -0.2) is 9.18 Å². The molecule has 1 saturated heterocycles. The van der Waals surface area contributed by atoms with Crippen LogP contribution in [0.25, 0.3) is 0 Å². The predicted octanol–water partition coefficient (Wildman–Crippen LogP) is 1.92. The summed E-state index contributed by atoms with van der Waals surface area (Å²) in [6.45, 7) is 2.48. The van der Waals surface area contributed by atoms with Crippen molar-refractivity contribution < 1.29 is 19.0 Å². The molecular formula is C13H16FNO3. The van der Waals surface area contributed by atoms with Gasteiger partial charge >= 0.3 is 6.09 Å². The average molecular weight is 253 g/mol. The average Bonchev–Trinajstić information content (AvgIpc) is 2.54. The minimum absolute atomic E-state index is 0.0302. The first kappa shape index (κ1) is 12.8. The third-order valence-corrected chi connectivity index (χ3v) is 3.02. The molecular weight excluding hydrogens is 237 g/mol. The van der Waals surface area contributed by atoms with Gasteiger partial charge < -0.3 is 9.84 Å². The van der Waals surface area contributed by atoms with Gasteiger partial charge in [0.15, 0.2) is 0 Å². The fraction of sp³-hybridized carbons (Fsp3) is 0.462. The highest BCUT2D eigenvalue weighted by molar-refractivity contribution is 5.70. The lowest BCUT2D eigenvalue weighted by molar-refractivity contribution is 0.0501. The summed E-state index contributed by atoms with van der Waals surface area (Å²) in [5, 5.41) is 8.93. The summed E-state index contributed by atoms with van der Waals surface area (Å²) in [6.07, 6.45) is -0.0199. The van der Waals surface area contributed by atoms with Gasteiger partial charge in [-0.05, 0) is 24.6 Å². The van der Waals surface area contributed by atoms with Crippen LogP contribution < -0.4 is 0 Å². The summed E-state index contributed by atoms with van der Waals surface area (Å²) < 4.78 is 18.3. The van der Waals surface area contributed by atoms with Crippen LogP contribution in [-0.2, 0) is 11.3 Å². The summed E-state index contributed by atoms with van der Waals surface area (Å²) in [5.41, 5.74) is 0.0688. The zero-order chi connectivity index (χ0) is 13.2. The minimum atomic E-state index is -0.654. The highest BCUT2D eigenvalue weighted by atomic mass is 19.1. The van der Waals surface area contributed by atoms with E-state index in [4.69, 9.17) is 9.84 Å². The lowest BCUT2D eigenvalue weighted by Crippen LogP contribution is -2.32. The van der Waals surface area contributed by atoms with E-state index < -0.39 is 11.7 Å². The Kier molecular flexibility index (Phi) is 3.52. The molecule has 1 unspecified atom stereocenters. The SMILES string of the molecule is CC1(CCO)CN(Cc2cccc(F)c2)C(=O)O1. The molecule has 0 aromatic heterocycles. The second-order valence-electron chi connectivity index (χ2n) is 4.78. The van der Waals surface area contributed by atoms with Crippen molar-refractivity contribution in [1.82, 2.24) is 4.90 Å². The largest absolute Gasteiger partial charge is 0.441 e. The standard InChI is InChI=1S/C13H16FNO3/c1-13(5-6-16)9-15(12(17)18-13)8-10-3-2-4-11(14)7-10/h2-4,7,16H,5-6,8-9H2,1H3. The van der Waals surface area contributed by atoms with Crippen molar-refractivity contribution in [2.45, 2.75) is 25.5 Å². The lowest BCUT2D eigenvalue weighted by atomic mass is 10.0. The smallest absolute Gasteiger partial charge is 0.410 e. The number of hydrogen-bond donors (Lipinski definition) is 1. The third kappa shape index (κ3) is 2.79. The quantitative estimate of drug-likeness (QED) is 0.891. The van der Waals surface area contributed by atoms with Crippen molar-refractivity contribution in [2.75, 3.05) is 13.2 Å². The van der Waals surface area contributed by atoms with Gasteiger partial charge in [-0.15, -0.1) is 0 Å². The molecule has 1 heterocycles. The van der Waals surface area contributed by atoms with Crippen molar-refractivity contribution in [2.24, 2.45) is 0 Å². The van der Waals surface area contributed by atoms with Crippen molar-refractivity contribution in [1.29, 1.82) is 0 Å². The number of amides is 1. The van der Waals surface area contributed by atoms with Crippen molar-refractivity contribution in [3.8, 4) is 0 Å². The summed E-state index contributed by atoms with van der Waals surface area (Å²) in [5.74, 6) is -0.321. The van der Waals surface area contributed by atoms with Crippen LogP contribution in [0.5, 0.6) is 0 Å². The Morgan fingerprint density at radius 1 is 1.56 bits per heavy atom. The molecule has 1 atom stereocenters. The molecule has 1 amide bonds. The molecule has 18 heavy (non-hydrogen) atoms. The number of hydrogen-bond acceptors (Lipinski definition) is 3. The van der Waals surface area contributed by atoms with Crippen molar-refractivity contribution in [3.05, 3.63) is 35.6 Å². The second-order valence-corrected chi connectivity index (χ2v) is 4.78. The van der Waals surface area contributed by atoms with Crippen LogP contribution >= 0.6 is 0 Å². The molecule has 1 aliphatic rings. The predicted molar refractivity (Wildman–Crippen MR) is 63.4 cm³/mol. The van der Waals surface area contributed by atoms with Crippen LogP contribution in [0.4, 0.5) is 9.18 Å². The van der Waals surface area contributed by atoms with E-state index in [1.165, 1.54) is 17.0 Å². The Labute approximate surface area is 105 Å². The molecule has 0 saturated carbocycles. The third-order valence-electron chi connectivity index (χ3n) is 3.02. The lowest BCUT2D eigenvalue weighted by Gasteiger charge is -2.20. The molecule has 98 valence electrons. The second kappa shape index (κ2) is 4.94. The van der Waals surface area contributed by atoms with Crippen LogP contribution in [0.1, 0.15) is 18.9 Å². The molecule has 0 bridgehead atoms. The molecule has 1 N–H and O–H groups in total. The number of cyclic esters (lactones) is 1. The number of ether oxygens (including phenoxy) is 1. The molecule has 4 nitrogen and oxygen atoms in total. The maximum absolute atomic E-state index is 13.0. The Balaban J connectivity index is 2.05. The monoisotopic (exact) mass is 253 g/mol. The molecule has 1 aromatic rings. The number of aliphatic hydroxyl groups is 1. The summed E-state index contributed by atoms with van der Waals surface area (Å²) in [7, 11) is 0. The molecule has 1 aromatic carbocycles. The van der Waals surface area contributed by atoms with Gasteiger partial charge in [0.2, 0.25) is 0 Å². The first-order chi connectivity index (χ1) is 8.52. The Hall–Kier alpha value is -1.62. The number of nitrogens with zero attached hydrogens (tertiary/aromatic N) is 1. The minimum Gasteiger partial charge on any atom is -0.441 e. The normalized spacial score (nSPS) is 23.3. The maximum atomic E-state index is 13.0. The Morgan fingerprint density at radius 3 is 3.00 bits per heavy atom. The van der Waals surface area contributed by atoms with Crippen LogP contribution in [0.3, 0.4) is 0 Å². The van der Waals surface area contributed by atoms with Crippen LogP contribution in [0.15, 0.2) is 24.3 Å². The van der Waals surface area contributed by atoms with Crippen LogP contribution in [0, 0.1) is 5.82 Å². The van der Waals surface area contributed by atoms with Crippen LogP contribution in [0.2, 0.25) is 0 Å². The van der Waals surface area contributed by atoms with E-state index in [1.54, 1.807) is 19.1 Å². The van der Waals surface area contributed by atoms with Gasteiger partial charge in [-0.3, -0.25) is 4.90 Å². The van der Waals surface area contributed by atoms with Crippen LogP contribution in [-0.4, -0.2) is 34.9 Å². The summed E-state index contributed by atoms with van der Waals surface area (Å²) in [6, 6.07) is 6.13. The Bertz CT molecular complexity index is 452. The molecule has 0 radical (unpaired) electrons. The van der Waals surface area contributed by atoms with E-state index in [1.807, 2.05) is 0 Å². The summed E-state index contributed by atoms with van der Waals surface area (Å²) in [4.78, 5) is 13.2. The maximum Gasteiger partial charge on any atom is 0.410 e. The van der Waals surface area contributed by atoms with Crippen molar-refractivity contribution >= 4 is 6.09 Å². The molecule has 1 fully saturated rings. The molecule has 2 rings (SSSR count). The van der Waals surface area contributed by atoms with Gasteiger partial charge in [0.05, 0.1) is 6.54 Å². The zero-order valence-corrected chi connectivity index (χ0v) is 10.2. The van der Waals surface area contributed by atoms with E-state index in [2.05, 4.69) is 0 Å². The fourth-order valence-electron chi connectivity index (χ4n) is 2.12. The number of rotatable bonds is 4.